The molecule has 0 aliphatic carbocycles. The first-order valence-corrected chi connectivity index (χ1v) is 9.29. The van der Waals surface area contributed by atoms with Crippen LogP contribution < -0.4 is 5.73 Å². The molecule has 5 atom stereocenters. The molecule has 0 saturated carbocycles. The second-order valence-electron chi connectivity index (χ2n) is 7.03. The van der Waals surface area contributed by atoms with Gasteiger partial charge in [-0.25, -0.2) is 9.59 Å². The lowest BCUT2D eigenvalue weighted by Gasteiger charge is -2.44. The zero-order valence-electron chi connectivity index (χ0n) is 14.2. The first kappa shape index (κ1) is 18.1. The second kappa shape index (κ2) is 6.53. The molecule has 0 bridgehead atoms. The molecule has 9 heteroatoms. The van der Waals surface area contributed by atoms with Gasteiger partial charge in [-0.2, -0.15) is 0 Å². The minimum Gasteiger partial charge on any atom is -0.477 e. The summed E-state index contributed by atoms with van der Waals surface area (Å²) in [6.45, 7) is 4.70. The van der Waals surface area contributed by atoms with Crippen LogP contribution in [0.3, 0.4) is 0 Å². The number of thioether (sulfide) groups is 1. The number of β-lactam (4-membered cyclic amide) rings is 1. The summed E-state index contributed by atoms with van der Waals surface area (Å²) in [5, 5.41) is 19.4. The summed E-state index contributed by atoms with van der Waals surface area (Å²) in [7, 11) is 0. The van der Waals surface area contributed by atoms with Gasteiger partial charge in [-0.1, -0.05) is 6.92 Å². The number of nitrogens with two attached hydrogens (primary N) is 1. The number of urea groups is 1. The fourth-order valence-corrected chi connectivity index (χ4v) is 5.46. The first-order chi connectivity index (χ1) is 11.7. The number of hydrogen-bond donors (Lipinski definition) is 3. The average Bonchev–Trinajstić information content (AvgIpc) is 2.83. The lowest BCUT2D eigenvalue weighted by molar-refractivity contribution is -0.161. The quantitative estimate of drug-likeness (QED) is 0.617. The average molecular weight is 369 g/mol. The topological polar surface area (TPSA) is 124 Å². The van der Waals surface area contributed by atoms with Gasteiger partial charge in [0.25, 0.3) is 0 Å². The minimum absolute atomic E-state index is 0.0281. The molecule has 2 saturated heterocycles. The Labute approximate surface area is 150 Å². The Kier molecular flexibility index (Phi) is 4.72. The number of carbonyl (C=O) groups excluding carboxylic acids is 2. The predicted octanol–water partition coefficient (Wildman–Crippen LogP) is 0.416. The Hall–Kier alpha value is -1.74. The fraction of sp³-hybridized carbons (Fsp3) is 0.688. The molecule has 0 radical (unpaired) electrons. The van der Waals surface area contributed by atoms with Crippen LogP contribution in [0.15, 0.2) is 10.6 Å². The van der Waals surface area contributed by atoms with E-state index < -0.39 is 24.0 Å². The minimum atomic E-state index is -1.13. The second-order valence-corrected chi connectivity index (χ2v) is 8.36. The summed E-state index contributed by atoms with van der Waals surface area (Å²) >= 11 is 1.43. The molecule has 0 aromatic rings. The van der Waals surface area contributed by atoms with E-state index in [0.717, 1.165) is 6.42 Å². The molecule has 25 heavy (non-hydrogen) atoms. The number of amides is 3. The maximum atomic E-state index is 12.2. The van der Waals surface area contributed by atoms with Crippen molar-refractivity contribution in [2.24, 2.45) is 17.6 Å². The normalized spacial score (nSPS) is 33.2. The van der Waals surface area contributed by atoms with Crippen LogP contribution in [0.5, 0.6) is 0 Å². The Morgan fingerprint density at radius 3 is 2.64 bits per heavy atom. The van der Waals surface area contributed by atoms with Crippen LogP contribution >= 0.6 is 11.8 Å². The Morgan fingerprint density at radius 1 is 1.40 bits per heavy atom. The van der Waals surface area contributed by atoms with E-state index in [0.29, 0.717) is 30.3 Å². The summed E-state index contributed by atoms with van der Waals surface area (Å²) in [5.41, 5.74) is 5.40. The molecule has 138 valence electrons. The molecule has 3 heterocycles. The van der Waals surface area contributed by atoms with Crippen molar-refractivity contribution in [2.75, 3.05) is 13.1 Å². The third-order valence-corrected chi connectivity index (χ3v) is 6.95. The fourth-order valence-electron chi connectivity index (χ4n) is 3.91. The van der Waals surface area contributed by atoms with E-state index in [1.807, 2.05) is 0 Å². The number of likely N-dealkylation sites (tertiary alicyclic amines) is 1. The number of aliphatic carboxylic acids is 1. The molecule has 0 spiro atoms. The predicted molar refractivity (Wildman–Crippen MR) is 91.4 cm³/mol. The van der Waals surface area contributed by atoms with Crippen molar-refractivity contribution in [2.45, 2.75) is 44.1 Å². The van der Waals surface area contributed by atoms with Crippen LogP contribution in [0.1, 0.15) is 26.7 Å². The number of aliphatic hydroxyl groups excluding tert-OH is 1. The molecule has 0 aromatic heterocycles. The third kappa shape index (κ3) is 2.99. The Balaban J connectivity index is 1.80. The molecule has 2 fully saturated rings. The third-order valence-electron chi connectivity index (χ3n) is 5.39. The van der Waals surface area contributed by atoms with E-state index in [1.165, 1.54) is 16.7 Å². The molecule has 3 amide bonds. The highest BCUT2D eigenvalue weighted by molar-refractivity contribution is 8.03. The van der Waals surface area contributed by atoms with Gasteiger partial charge in [0.2, 0.25) is 5.91 Å². The van der Waals surface area contributed by atoms with Crippen LogP contribution in [0, 0.1) is 11.8 Å². The monoisotopic (exact) mass is 369 g/mol. The highest BCUT2D eigenvalue weighted by atomic mass is 32.2. The smallest absolute Gasteiger partial charge is 0.353 e. The summed E-state index contributed by atoms with van der Waals surface area (Å²) in [6, 6.07) is -0.753. The number of nitrogens with zero attached hydrogens (tertiary/aromatic N) is 2. The molecular formula is C16H23N3O5S. The summed E-state index contributed by atoms with van der Waals surface area (Å²) in [5.74, 6) is -1.70. The first-order valence-electron chi connectivity index (χ1n) is 8.41. The molecule has 8 nitrogen and oxygen atoms in total. The zero-order chi connectivity index (χ0) is 18.5. The van der Waals surface area contributed by atoms with Crippen molar-refractivity contribution < 1.29 is 24.6 Å². The number of piperidine rings is 1. The van der Waals surface area contributed by atoms with E-state index in [1.54, 1.807) is 11.8 Å². The summed E-state index contributed by atoms with van der Waals surface area (Å²) < 4.78 is 0. The maximum Gasteiger partial charge on any atom is 0.353 e. The van der Waals surface area contributed by atoms with Crippen LogP contribution in [0.4, 0.5) is 4.79 Å². The van der Waals surface area contributed by atoms with Gasteiger partial charge in [-0.05, 0) is 19.3 Å². The van der Waals surface area contributed by atoms with Crippen LogP contribution in [-0.4, -0.2) is 68.4 Å². The molecule has 3 rings (SSSR count). The number of primary amides is 1. The SMILES string of the molecule is C[C@@H]1CCN(C(N)=O)C[C@H]1SC1=C(C(=O)O)N2C(=O)[C@H]([C@@H](C)O)[C@H]2C1. The molecule has 3 aliphatic heterocycles. The molecule has 0 aromatic carbocycles. The van der Waals surface area contributed by atoms with E-state index in [4.69, 9.17) is 5.73 Å². The highest BCUT2D eigenvalue weighted by Gasteiger charge is 2.57. The number of rotatable bonds is 4. The number of fused-ring (bicyclic) bond motifs is 1. The van der Waals surface area contributed by atoms with Crippen LogP contribution in [0.25, 0.3) is 0 Å². The number of carboxylic acids is 1. The van der Waals surface area contributed by atoms with E-state index >= 15 is 0 Å². The van der Waals surface area contributed by atoms with Crippen molar-refractivity contribution in [1.29, 1.82) is 0 Å². The van der Waals surface area contributed by atoms with Gasteiger partial charge < -0.3 is 25.7 Å². The number of aliphatic hydroxyl groups is 1. The van der Waals surface area contributed by atoms with Crippen molar-refractivity contribution in [1.82, 2.24) is 9.80 Å². The highest BCUT2D eigenvalue weighted by Crippen LogP contribution is 2.49. The Bertz CT molecular complexity index is 650. The lowest BCUT2D eigenvalue weighted by atomic mass is 9.83. The van der Waals surface area contributed by atoms with E-state index in [2.05, 4.69) is 6.92 Å². The maximum absolute atomic E-state index is 12.2. The van der Waals surface area contributed by atoms with Gasteiger partial charge in [-0.3, -0.25) is 4.79 Å². The van der Waals surface area contributed by atoms with Gasteiger partial charge in [0.1, 0.15) is 5.70 Å². The van der Waals surface area contributed by atoms with Crippen molar-refractivity contribution in [3.05, 3.63) is 10.6 Å². The van der Waals surface area contributed by atoms with Gasteiger partial charge in [0.05, 0.1) is 18.1 Å². The van der Waals surface area contributed by atoms with E-state index in [-0.39, 0.29) is 22.9 Å². The van der Waals surface area contributed by atoms with Gasteiger partial charge >= 0.3 is 12.0 Å². The van der Waals surface area contributed by atoms with Crippen molar-refractivity contribution in [3.8, 4) is 0 Å². The summed E-state index contributed by atoms with van der Waals surface area (Å²) in [4.78, 5) is 38.9. The molecule has 3 aliphatic rings. The van der Waals surface area contributed by atoms with Crippen molar-refractivity contribution >= 4 is 29.7 Å². The lowest BCUT2D eigenvalue weighted by Crippen LogP contribution is -2.61. The molecule has 4 N–H and O–H groups in total. The Morgan fingerprint density at radius 2 is 2.08 bits per heavy atom. The number of carbonyl (C=O) groups is 3. The van der Waals surface area contributed by atoms with Gasteiger partial charge in [-0.15, -0.1) is 11.8 Å². The standard InChI is InChI=1S/C16H23N3O5S/c1-7-3-4-18(16(17)24)6-11(7)25-10-5-9-12(8(2)20)14(21)19(9)13(10)15(22)23/h7-9,11-12,20H,3-6H2,1-2H3,(H2,17,24)(H,22,23)/t7-,8-,9-,11-,12-/m1/s1. The van der Waals surface area contributed by atoms with Crippen molar-refractivity contribution in [3.63, 3.8) is 0 Å². The summed E-state index contributed by atoms with van der Waals surface area (Å²) in [6.07, 6.45) is 0.443. The van der Waals surface area contributed by atoms with Crippen LogP contribution in [0.2, 0.25) is 0 Å². The molecule has 0 unspecified atom stereocenters. The van der Waals surface area contributed by atoms with Gasteiger partial charge in [0.15, 0.2) is 0 Å². The van der Waals surface area contributed by atoms with Crippen LogP contribution in [-0.2, 0) is 9.59 Å². The number of carboxylic acid groups (broad SMARTS) is 1. The molecular weight excluding hydrogens is 346 g/mol. The largest absolute Gasteiger partial charge is 0.477 e. The zero-order valence-corrected chi connectivity index (χ0v) is 15.0. The van der Waals surface area contributed by atoms with Gasteiger partial charge in [0, 0.05) is 29.7 Å². The number of hydrogen-bond acceptors (Lipinski definition) is 5. The van der Waals surface area contributed by atoms with E-state index in [9.17, 15) is 24.6 Å².